The minimum absolute atomic E-state index is 0.142. The van der Waals surface area contributed by atoms with Crippen LogP contribution in [0.5, 0.6) is 0 Å². The zero-order valence-corrected chi connectivity index (χ0v) is 11.4. The van der Waals surface area contributed by atoms with Crippen molar-refractivity contribution in [3.8, 4) is 0 Å². The summed E-state index contributed by atoms with van der Waals surface area (Å²) in [5, 5.41) is 12.3. The Morgan fingerprint density at radius 3 is 2.55 bits per heavy atom. The molecule has 1 aromatic rings. The Hall–Kier alpha value is -2.04. The van der Waals surface area contributed by atoms with Gasteiger partial charge in [0.15, 0.2) is 0 Å². The van der Waals surface area contributed by atoms with E-state index in [1.54, 1.807) is 0 Å². The highest BCUT2D eigenvalue weighted by Gasteiger charge is 2.42. The molecule has 1 heterocycles. The number of carbonyl (C=O) groups is 2. The van der Waals surface area contributed by atoms with E-state index in [1.165, 1.54) is 4.90 Å². The van der Waals surface area contributed by atoms with E-state index < -0.39 is 12.0 Å². The van der Waals surface area contributed by atoms with Crippen molar-refractivity contribution in [1.29, 1.82) is 0 Å². The van der Waals surface area contributed by atoms with Crippen LogP contribution in [0.1, 0.15) is 30.9 Å². The second kappa shape index (κ2) is 4.51. The average molecular weight is 274 g/mol. The molecule has 1 aliphatic carbocycles. The van der Waals surface area contributed by atoms with Crippen LogP contribution in [0.25, 0.3) is 0 Å². The summed E-state index contributed by atoms with van der Waals surface area (Å²) in [4.78, 5) is 25.2. The standard InChI is InChI=1S/C15H18N2O3/c1-15(6-7-15)16-14(20)17-9-11-5-3-2-4-10(11)8-12(17)13(18)19/h2-5,12H,6-9H2,1H3,(H,16,20)(H,18,19)/t12-/m0/s1. The Balaban J connectivity index is 1.84. The summed E-state index contributed by atoms with van der Waals surface area (Å²) in [5.41, 5.74) is 1.90. The normalized spacial score (nSPS) is 22.9. The number of rotatable bonds is 2. The van der Waals surface area contributed by atoms with Gasteiger partial charge in [0, 0.05) is 18.5 Å². The molecule has 1 saturated carbocycles. The summed E-state index contributed by atoms with van der Waals surface area (Å²) in [6.07, 6.45) is 2.29. The lowest BCUT2D eigenvalue weighted by Gasteiger charge is -2.35. The molecule has 2 aliphatic rings. The molecule has 0 radical (unpaired) electrons. The van der Waals surface area contributed by atoms with E-state index in [-0.39, 0.29) is 11.6 Å². The molecular weight excluding hydrogens is 256 g/mol. The Labute approximate surface area is 117 Å². The van der Waals surface area contributed by atoms with Crippen LogP contribution in [-0.4, -0.2) is 33.6 Å². The largest absolute Gasteiger partial charge is 0.480 e. The molecule has 1 aromatic carbocycles. The fourth-order valence-corrected chi connectivity index (χ4v) is 2.60. The number of hydrogen-bond donors (Lipinski definition) is 2. The SMILES string of the molecule is CC1(NC(=O)N2Cc3ccccc3C[C@H]2C(=O)O)CC1. The maximum Gasteiger partial charge on any atom is 0.326 e. The lowest BCUT2D eigenvalue weighted by atomic mass is 9.94. The highest BCUT2D eigenvalue weighted by atomic mass is 16.4. The summed E-state index contributed by atoms with van der Waals surface area (Å²) in [6, 6.07) is 6.64. The van der Waals surface area contributed by atoms with Gasteiger partial charge in [0.1, 0.15) is 6.04 Å². The molecule has 1 aliphatic heterocycles. The van der Waals surface area contributed by atoms with Gasteiger partial charge in [-0.2, -0.15) is 0 Å². The molecule has 0 saturated heterocycles. The van der Waals surface area contributed by atoms with Gasteiger partial charge >= 0.3 is 12.0 Å². The average Bonchev–Trinajstić information content (AvgIpc) is 3.14. The monoisotopic (exact) mass is 274 g/mol. The predicted molar refractivity (Wildman–Crippen MR) is 73.3 cm³/mol. The third-order valence-electron chi connectivity index (χ3n) is 4.20. The summed E-state index contributed by atoms with van der Waals surface area (Å²) in [5.74, 6) is -0.949. The smallest absolute Gasteiger partial charge is 0.326 e. The fourth-order valence-electron chi connectivity index (χ4n) is 2.60. The van der Waals surface area contributed by atoms with Crippen molar-refractivity contribution in [2.75, 3.05) is 0 Å². The molecule has 0 unspecified atom stereocenters. The van der Waals surface area contributed by atoms with Crippen molar-refractivity contribution in [2.45, 2.75) is 44.3 Å². The molecule has 106 valence electrons. The molecule has 0 aromatic heterocycles. The van der Waals surface area contributed by atoms with Gasteiger partial charge in [-0.15, -0.1) is 0 Å². The van der Waals surface area contributed by atoms with Gasteiger partial charge in [0.2, 0.25) is 0 Å². The van der Waals surface area contributed by atoms with Crippen LogP contribution in [0, 0.1) is 0 Å². The van der Waals surface area contributed by atoms with Crippen molar-refractivity contribution >= 4 is 12.0 Å². The molecule has 1 atom stereocenters. The van der Waals surface area contributed by atoms with Crippen molar-refractivity contribution in [1.82, 2.24) is 10.2 Å². The number of hydrogen-bond acceptors (Lipinski definition) is 2. The second-order valence-electron chi connectivity index (χ2n) is 5.95. The molecule has 5 nitrogen and oxygen atoms in total. The van der Waals surface area contributed by atoms with Gasteiger partial charge in [-0.25, -0.2) is 9.59 Å². The molecule has 5 heteroatoms. The van der Waals surface area contributed by atoms with E-state index >= 15 is 0 Å². The fraction of sp³-hybridized carbons (Fsp3) is 0.467. The first kappa shape index (κ1) is 13.0. The number of carboxylic acids is 1. The Kier molecular flexibility index (Phi) is 2.92. The number of nitrogens with one attached hydrogen (secondary N) is 1. The molecule has 0 spiro atoms. The van der Waals surface area contributed by atoms with Crippen molar-refractivity contribution < 1.29 is 14.7 Å². The van der Waals surface area contributed by atoms with E-state index in [2.05, 4.69) is 5.32 Å². The molecule has 1 fully saturated rings. The first-order valence-electron chi connectivity index (χ1n) is 6.87. The zero-order chi connectivity index (χ0) is 14.3. The molecule has 2 amide bonds. The van der Waals surface area contributed by atoms with E-state index in [9.17, 15) is 14.7 Å². The number of carbonyl (C=O) groups excluding carboxylic acids is 1. The van der Waals surface area contributed by atoms with Gasteiger partial charge in [-0.3, -0.25) is 0 Å². The maximum atomic E-state index is 12.3. The van der Waals surface area contributed by atoms with Crippen LogP contribution in [0.15, 0.2) is 24.3 Å². The summed E-state index contributed by atoms with van der Waals surface area (Å²) in [6.45, 7) is 2.34. The Morgan fingerprint density at radius 2 is 1.95 bits per heavy atom. The van der Waals surface area contributed by atoms with E-state index in [4.69, 9.17) is 0 Å². The first-order valence-corrected chi connectivity index (χ1v) is 6.87. The molecular formula is C15H18N2O3. The topological polar surface area (TPSA) is 69.6 Å². The summed E-state index contributed by atoms with van der Waals surface area (Å²) >= 11 is 0. The highest BCUT2D eigenvalue weighted by Crippen LogP contribution is 2.35. The van der Waals surface area contributed by atoms with Gasteiger partial charge in [-0.05, 0) is 30.9 Å². The molecule has 2 N–H and O–H groups in total. The second-order valence-corrected chi connectivity index (χ2v) is 5.95. The van der Waals surface area contributed by atoms with Crippen molar-refractivity contribution in [2.24, 2.45) is 0 Å². The van der Waals surface area contributed by atoms with Gasteiger partial charge in [-0.1, -0.05) is 24.3 Å². The number of amides is 2. The highest BCUT2D eigenvalue weighted by molar-refractivity contribution is 5.84. The van der Waals surface area contributed by atoms with Crippen LogP contribution >= 0.6 is 0 Å². The summed E-state index contributed by atoms with van der Waals surface area (Å²) in [7, 11) is 0. The Morgan fingerprint density at radius 1 is 1.30 bits per heavy atom. The van der Waals surface area contributed by atoms with E-state index in [1.807, 2.05) is 31.2 Å². The van der Waals surface area contributed by atoms with Crippen LogP contribution in [0.4, 0.5) is 4.79 Å². The number of carboxylic acid groups (broad SMARTS) is 1. The van der Waals surface area contributed by atoms with Gasteiger partial charge < -0.3 is 15.3 Å². The van der Waals surface area contributed by atoms with Gasteiger partial charge in [0.05, 0.1) is 0 Å². The third-order valence-corrected chi connectivity index (χ3v) is 4.20. The number of nitrogens with zero attached hydrogens (tertiary/aromatic N) is 1. The maximum absolute atomic E-state index is 12.3. The number of fused-ring (bicyclic) bond motifs is 1. The molecule has 0 bridgehead atoms. The minimum atomic E-state index is -0.949. The lowest BCUT2D eigenvalue weighted by molar-refractivity contribution is -0.142. The predicted octanol–water partition coefficient (Wildman–Crippen LogP) is 1.76. The van der Waals surface area contributed by atoms with Crippen LogP contribution in [0.2, 0.25) is 0 Å². The lowest BCUT2D eigenvalue weighted by Crippen LogP contribution is -2.54. The van der Waals surface area contributed by atoms with E-state index in [0.717, 1.165) is 24.0 Å². The van der Waals surface area contributed by atoms with E-state index in [0.29, 0.717) is 13.0 Å². The van der Waals surface area contributed by atoms with Crippen LogP contribution in [-0.2, 0) is 17.8 Å². The number of benzene rings is 1. The summed E-state index contributed by atoms with van der Waals surface area (Å²) < 4.78 is 0. The number of aliphatic carboxylic acids is 1. The van der Waals surface area contributed by atoms with Crippen LogP contribution < -0.4 is 5.32 Å². The zero-order valence-electron chi connectivity index (χ0n) is 11.4. The third kappa shape index (κ3) is 2.35. The van der Waals surface area contributed by atoms with Crippen LogP contribution in [0.3, 0.4) is 0 Å². The van der Waals surface area contributed by atoms with Crippen molar-refractivity contribution in [3.05, 3.63) is 35.4 Å². The quantitative estimate of drug-likeness (QED) is 0.863. The molecule has 20 heavy (non-hydrogen) atoms. The van der Waals surface area contributed by atoms with Crippen molar-refractivity contribution in [3.63, 3.8) is 0 Å². The number of urea groups is 1. The first-order chi connectivity index (χ1) is 9.48. The van der Waals surface area contributed by atoms with Gasteiger partial charge in [0.25, 0.3) is 0 Å². The Bertz CT molecular complexity index is 566. The molecule has 3 rings (SSSR count). The minimum Gasteiger partial charge on any atom is -0.480 e.